The van der Waals surface area contributed by atoms with Crippen molar-refractivity contribution in [1.82, 2.24) is 4.98 Å². The Bertz CT molecular complexity index is 1310. The number of oxazole rings is 1. The Kier molecular flexibility index (Phi) is 9.27. The van der Waals surface area contributed by atoms with Crippen molar-refractivity contribution in [2.24, 2.45) is 11.8 Å². The van der Waals surface area contributed by atoms with Gasteiger partial charge in [-0.1, -0.05) is 25.1 Å². The number of amides is 1. The smallest absolute Gasteiger partial charge is 0.306 e. The number of nitrogens with zero attached hydrogens (tertiary/aromatic N) is 3. The highest BCUT2D eigenvalue weighted by Crippen LogP contribution is 2.45. The van der Waals surface area contributed by atoms with Crippen LogP contribution in [0.4, 0.5) is 11.7 Å². The first-order valence-corrected chi connectivity index (χ1v) is 14.9. The summed E-state index contributed by atoms with van der Waals surface area (Å²) in [6, 6.07) is 14.6. The van der Waals surface area contributed by atoms with Crippen LogP contribution in [0, 0.1) is 11.8 Å². The molecule has 8 heteroatoms. The van der Waals surface area contributed by atoms with Crippen molar-refractivity contribution in [3.05, 3.63) is 71.6 Å². The van der Waals surface area contributed by atoms with Crippen LogP contribution in [0.5, 0.6) is 5.75 Å². The van der Waals surface area contributed by atoms with E-state index in [1.807, 2.05) is 31.2 Å². The van der Waals surface area contributed by atoms with Crippen molar-refractivity contribution in [1.29, 1.82) is 0 Å². The lowest BCUT2D eigenvalue weighted by Crippen LogP contribution is -2.37. The van der Waals surface area contributed by atoms with E-state index in [1.54, 1.807) is 7.05 Å². The Hall–Kier alpha value is -3.81. The van der Waals surface area contributed by atoms with Crippen LogP contribution in [0.25, 0.3) is 0 Å². The number of aryl methyl sites for hydroxylation is 1. The molecule has 1 aliphatic heterocycles. The summed E-state index contributed by atoms with van der Waals surface area (Å²) >= 11 is 0. The SMILES string of the molecule is CCOC(=O)CC(c1cccc(OCC2CCN(c3cc(CC)ccc3C(=O)N(C)c3ncco3)CC2)c1)C1CC1. The van der Waals surface area contributed by atoms with Crippen molar-refractivity contribution in [2.75, 3.05) is 43.2 Å². The number of hydrogen-bond donors (Lipinski definition) is 0. The highest BCUT2D eigenvalue weighted by molar-refractivity contribution is 6.08. The van der Waals surface area contributed by atoms with Gasteiger partial charge in [0, 0.05) is 25.8 Å². The van der Waals surface area contributed by atoms with E-state index in [1.165, 1.54) is 22.9 Å². The van der Waals surface area contributed by atoms with Crippen LogP contribution in [-0.2, 0) is 16.0 Å². The Labute approximate surface area is 242 Å². The van der Waals surface area contributed by atoms with E-state index in [2.05, 4.69) is 35.0 Å². The van der Waals surface area contributed by atoms with Crippen LogP contribution in [0.1, 0.15) is 73.4 Å². The molecule has 1 saturated carbocycles. The Morgan fingerprint density at radius 1 is 1.10 bits per heavy atom. The third kappa shape index (κ3) is 7.10. The maximum atomic E-state index is 13.4. The topological polar surface area (TPSA) is 85.1 Å². The van der Waals surface area contributed by atoms with Gasteiger partial charge in [-0.15, -0.1) is 0 Å². The molecule has 1 aromatic heterocycles. The number of esters is 1. The minimum atomic E-state index is -0.136. The molecule has 1 atom stereocenters. The zero-order chi connectivity index (χ0) is 28.8. The summed E-state index contributed by atoms with van der Waals surface area (Å²) in [7, 11) is 1.69. The van der Waals surface area contributed by atoms with Crippen molar-refractivity contribution in [3.63, 3.8) is 0 Å². The predicted octanol–water partition coefficient (Wildman–Crippen LogP) is 6.26. The highest BCUT2D eigenvalue weighted by Gasteiger charge is 2.34. The molecular formula is C33H41N3O5. The first-order chi connectivity index (χ1) is 20.0. The standard InChI is InChI=1S/C33H41N3O5/c1-4-23-9-12-28(32(38)35(3)33-34-15-18-40-33)30(19-23)36-16-13-24(14-17-36)22-41-27-8-6-7-26(20-27)29(25-10-11-25)21-31(37)39-5-2/h6-9,12,15,18-20,24-25,29H,4-5,10-11,13-14,16-17,21-22H2,1-3H3. The Morgan fingerprint density at radius 3 is 2.59 bits per heavy atom. The number of aromatic nitrogens is 1. The van der Waals surface area contributed by atoms with E-state index >= 15 is 0 Å². The van der Waals surface area contributed by atoms with Gasteiger partial charge in [0.25, 0.3) is 5.91 Å². The fourth-order valence-electron chi connectivity index (χ4n) is 5.73. The quantitative estimate of drug-likeness (QED) is 0.242. The van der Waals surface area contributed by atoms with Crippen LogP contribution in [-0.4, -0.2) is 50.2 Å². The molecule has 2 aliphatic rings. The number of ether oxygens (including phenoxy) is 2. The third-order valence-corrected chi connectivity index (χ3v) is 8.32. The second-order valence-corrected chi connectivity index (χ2v) is 11.2. The first kappa shape index (κ1) is 28.7. The molecule has 1 amide bonds. The molecule has 2 aromatic carbocycles. The summed E-state index contributed by atoms with van der Waals surface area (Å²) in [5.41, 5.74) is 3.98. The summed E-state index contributed by atoms with van der Waals surface area (Å²) in [4.78, 5) is 33.5. The molecule has 1 unspecified atom stereocenters. The minimum absolute atomic E-state index is 0.124. The van der Waals surface area contributed by atoms with E-state index in [9.17, 15) is 9.59 Å². The van der Waals surface area contributed by atoms with Gasteiger partial charge in [-0.3, -0.25) is 14.5 Å². The monoisotopic (exact) mass is 559 g/mol. The Morgan fingerprint density at radius 2 is 1.90 bits per heavy atom. The van der Waals surface area contributed by atoms with Gasteiger partial charge in [-0.2, -0.15) is 0 Å². The number of rotatable bonds is 12. The summed E-state index contributed by atoms with van der Waals surface area (Å²) < 4.78 is 16.9. The molecule has 0 N–H and O–H groups in total. The summed E-state index contributed by atoms with van der Waals surface area (Å²) in [5.74, 6) is 1.77. The van der Waals surface area contributed by atoms with Gasteiger partial charge in [0.15, 0.2) is 0 Å². The minimum Gasteiger partial charge on any atom is -0.493 e. The lowest BCUT2D eigenvalue weighted by molar-refractivity contribution is -0.143. The number of piperidine rings is 1. The highest BCUT2D eigenvalue weighted by atomic mass is 16.5. The number of hydrogen-bond acceptors (Lipinski definition) is 7. The average molecular weight is 560 g/mol. The van der Waals surface area contributed by atoms with Crippen LogP contribution >= 0.6 is 0 Å². The molecule has 0 spiro atoms. The van der Waals surface area contributed by atoms with Crippen LogP contribution in [0.3, 0.4) is 0 Å². The van der Waals surface area contributed by atoms with E-state index in [0.717, 1.165) is 62.2 Å². The van der Waals surface area contributed by atoms with E-state index in [-0.39, 0.29) is 23.8 Å². The molecule has 218 valence electrons. The summed E-state index contributed by atoms with van der Waals surface area (Å²) in [5, 5.41) is 0. The van der Waals surface area contributed by atoms with Gasteiger partial charge in [0.1, 0.15) is 12.0 Å². The van der Waals surface area contributed by atoms with E-state index in [4.69, 9.17) is 13.9 Å². The number of carbonyl (C=O) groups excluding carboxylic acids is 2. The van der Waals surface area contributed by atoms with Crippen LogP contribution in [0.15, 0.2) is 59.3 Å². The molecule has 5 rings (SSSR count). The summed E-state index contributed by atoms with van der Waals surface area (Å²) in [6.45, 7) is 6.75. The molecule has 0 bridgehead atoms. The molecular weight excluding hydrogens is 518 g/mol. The molecule has 8 nitrogen and oxygen atoms in total. The lowest BCUT2D eigenvalue weighted by Gasteiger charge is -2.35. The molecule has 1 saturated heterocycles. The molecule has 1 aliphatic carbocycles. The van der Waals surface area contributed by atoms with Gasteiger partial charge in [-0.25, -0.2) is 4.98 Å². The van der Waals surface area contributed by atoms with Crippen molar-refractivity contribution in [3.8, 4) is 5.75 Å². The fourth-order valence-corrected chi connectivity index (χ4v) is 5.73. The fraction of sp³-hybridized carbons (Fsp3) is 0.485. The van der Waals surface area contributed by atoms with Crippen molar-refractivity contribution >= 4 is 23.6 Å². The average Bonchev–Trinajstić information content (AvgIpc) is 3.70. The summed E-state index contributed by atoms with van der Waals surface area (Å²) in [6.07, 6.45) is 8.63. The zero-order valence-corrected chi connectivity index (χ0v) is 24.4. The zero-order valence-electron chi connectivity index (χ0n) is 24.4. The maximum Gasteiger partial charge on any atom is 0.306 e. The van der Waals surface area contributed by atoms with Crippen LogP contribution < -0.4 is 14.5 Å². The van der Waals surface area contributed by atoms with E-state index < -0.39 is 0 Å². The van der Waals surface area contributed by atoms with Gasteiger partial charge in [-0.05, 0) is 92.2 Å². The second-order valence-electron chi connectivity index (χ2n) is 11.2. The van der Waals surface area contributed by atoms with Crippen LogP contribution in [0.2, 0.25) is 0 Å². The number of carbonyl (C=O) groups is 2. The molecule has 41 heavy (non-hydrogen) atoms. The van der Waals surface area contributed by atoms with Crippen molar-refractivity contribution in [2.45, 2.75) is 58.3 Å². The third-order valence-electron chi connectivity index (χ3n) is 8.32. The second kappa shape index (κ2) is 13.2. The normalized spacial score (nSPS) is 16.3. The molecule has 2 fully saturated rings. The predicted molar refractivity (Wildman–Crippen MR) is 159 cm³/mol. The molecule has 2 heterocycles. The van der Waals surface area contributed by atoms with Gasteiger partial charge >= 0.3 is 12.0 Å². The van der Waals surface area contributed by atoms with Gasteiger partial charge in [0.05, 0.1) is 31.4 Å². The first-order valence-electron chi connectivity index (χ1n) is 14.9. The van der Waals surface area contributed by atoms with E-state index in [0.29, 0.717) is 37.0 Å². The number of benzene rings is 2. The van der Waals surface area contributed by atoms with Crippen molar-refractivity contribution < 1.29 is 23.5 Å². The van der Waals surface area contributed by atoms with Gasteiger partial charge < -0.3 is 18.8 Å². The van der Waals surface area contributed by atoms with Gasteiger partial charge in [0.2, 0.25) is 0 Å². The Balaban J connectivity index is 1.20. The largest absolute Gasteiger partial charge is 0.493 e. The molecule has 3 aromatic rings. The lowest BCUT2D eigenvalue weighted by atomic mass is 9.91. The number of anilines is 2. The maximum absolute atomic E-state index is 13.4. The molecule has 0 radical (unpaired) electrons.